The van der Waals surface area contributed by atoms with E-state index in [1.54, 1.807) is 21.2 Å². The normalized spacial score (nSPS) is 24.7. The Morgan fingerprint density at radius 2 is 1.75 bits per heavy atom. The van der Waals surface area contributed by atoms with Crippen LogP contribution in [0.2, 0.25) is 0 Å². The number of anilines is 1. The van der Waals surface area contributed by atoms with Gasteiger partial charge in [-0.1, -0.05) is 18.2 Å². The number of aromatic hydroxyl groups is 1. The number of carbonyl (C=O) groups is 3. The number of Topliss-reactive ketones (excluding diaryl/α,β-unsaturated/α-hetero) is 2. The Morgan fingerprint density at radius 1 is 1.09 bits per heavy atom. The number of ether oxygens (including phenoxy) is 1. The second-order valence-electron chi connectivity index (χ2n) is 12.0. The van der Waals surface area contributed by atoms with Crippen molar-refractivity contribution >= 4 is 23.2 Å². The van der Waals surface area contributed by atoms with Crippen molar-refractivity contribution in [3.8, 4) is 11.5 Å². The summed E-state index contributed by atoms with van der Waals surface area (Å²) in [5.74, 6) is -6.02. The zero-order valence-corrected chi connectivity index (χ0v) is 25.3. The van der Waals surface area contributed by atoms with Gasteiger partial charge in [0.2, 0.25) is 5.78 Å². The van der Waals surface area contributed by atoms with Crippen LogP contribution in [0.5, 0.6) is 11.5 Å². The fourth-order valence-electron chi connectivity index (χ4n) is 7.07. The highest BCUT2D eigenvalue weighted by Crippen LogP contribution is 2.53. The minimum absolute atomic E-state index is 0.0222. The maximum absolute atomic E-state index is 14.2. The molecule has 0 bridgehead atoms. The molecule has 0 radical (unpaired) electrons. The molecule has 12 nitrogen and oxygen atoms in total. The summed E-state index contributed by atoms with van der Waals surface area (Å²) in [7, 11) is 8.42. The van der Waals surface area contributed by atoms with Gasteiger partial charge in [-0.3, -0.25) is 19.3 Å². The van der Waals surface area contributed by atoms with E-state index in [9.17, 15) is 34.8 Å². The van der Waals surface area contributed by atoms with E-state index in [0.717, 1.165) is 5.56 Å². The Balaban J connectivity index is 1.59. The molecular formula is C32H38N4O8. The predicted molar refractivity (Wildman–Crippen MR) is 162 cm³/mol. The van der Waals surface area contributed by atoms with E-state index in [2.05, 4.69) is 5.32 Å². The Hall–Kier alpha value is -4.39. The van der Waals surface area contributed by atoms with Crippen LogP contribution in [0.25, 0.3) is 0 Å². The highest BCUT2D eigenvalue weighted by molar-refractivity contribution is 6.25. The van der Waals surface area contributed by atoms with Crippen LogP contribution in [0.15, 0.2) is 53.0 Å². The smallest absolute Gasteiger partial charge is 0.255 e. The van der Waals surface area contributed by atoms with Gasteiger partial charge >= 0.3 is 0 Å². The number of phenols is 1. The molecule has 234 valence electrons. The molecule has 2 aromatic carbocycles. The van der Waals surface area contributed by atoms with E-state index in [1.165, 1.54) is 4.90 Å². The zero-order chi connectivity index (χ0) is 32.2. The molecule has 0 saturated carbocycles. The summed E-state index contributed by atoms with van der Waals surface area (Å²) in [5, 5.41) is 49.1. The standard InChI is InChI=1S/C32H38N4O8/c1-35(2)20-12-17(14-34-13-15-8-6-7-9-21(15)44-5)26(37)23-18(20)10-16-11-19-25(36(3)4)28(39)24(31(33)42)30(41)32(19,43)29(40)22(16)27(23)38/h6-9,12,16,19,25,34,37,39-40,43H,10-11,13-14H2,1-5H3,(H2,33,42). The molecule has 0 spiro atoms. The van der Waals surface area contributed by atoms with Crippen LogP contribution < -0.4 is 20.7 Å². The minimum atomic E-state index is -2.68. The molecule has 5 rings (SSSR count). The number of methoxy groups -OCH3 is 1. The van der Waals surface area contributed by atoms with E-state index in [4.69, 9.17) is 10.5 Å². The maximum Gasteiger partial charge on any atom is 0.255 e. The number of para-hydroxylation sites is 1. The summed E-state index contributed by atoms with van der Waals surface area (Å²) in [4.78, 5) is 43.3. The van der Waals surface area contributed by atoms with Crippen molar-refractivity contribution < 1.29 is 39.5 Å². The summed E-state index contributed by atoms with van der Waals surface area (Å²) in [6.45, 7) is 0.618. The van der Waals surface area contributed by atoms with Gasteiger partial charge in [0.1, 0.15) is 28.6 Å². The second-order valence-corrected chi connectivity index (χ2v) is 12.0. The van der Waals surface area contributed by atoms with Gasteiger partial charge in [0.25, 0.3) is 5.91 Å². The van der Waals surface area contributed by atoms with Crippen LogP contribution in [-0.4, -0.2) is 89.7 Å². The van der Waals surface area contributed by atoms with Crippen molar-refractivity contribution in [1.29, 1.82) is 0 Å². The lowest BCUT2D eigenvalue weighted by Gasteiger charge is -2.50. The third-order valence-electron chi connectivity index (χ3n) is 9.08. The summed E-state index contributed by atoms with van der Waals surface area (Å²) in [6.07, 6.45) is 0.242. The van der Waals surface area contributed by atoms with E-state index in [0.29, 0.717) is 29.1 Å². The van der Waals surface area contributed by atoms with Gasteiger partial charge in [0.05, 0.1) is 18.7 Å². The lowest BCUT2D eigenvalue weighted by Crippen LogP contribution is -2.63. The second kappa shape index (κ2) is 11.3. The number of ketones is 2. The summed E-state index contributed by atoms with van der Waals surface area (Å²) < 4.78 is 5.41. The predicted octanol–water partition coefficient (Wildman–Crippen LogP) is 1.49. The fourth-order valence-corrected chi connectivity index (χ4v) is 7.07. The number of amides is 1. The highest BCUT2D eigenvalue weighted by atomic mass is 16.5. The molecule has 4 unspecified atom stereocenters. The number of aliphatic hydroxyl groups is 3. The van der Waals surface area contributed by atoms with Crippen molar-refractivity contribution in [3.63, 3.8) is 0 Å². The molecular weight excluding hydrogens is 568 g/mol. The molecule has 0 aliphatic heterocycles. The van der Waals surface area contributed by atoms with Gasteiger partial charge in [0, 0.05) is 55.5 Å². The molecule has 12 heteroatoms. The number of nitrogens with one attached hydrogen (secondary N) is 1. The molecule has 0 saturated heterocycles. The van der Waals surface area contributed by atoms with Crippen LogP contribution in [0.3, 0.4) is 0 Å². The fraction of sp³-hybridized carbons (Fsp3) is 0.406. The molecule has 4 atom stereocenters. The SMILES string of the molecule is COc1ccccc1CNCc1cc(N(C)C)c2c(c1O)C(=O)C1=C(O)C3(O)C(=O)C(C(N)=O)=C(O)C(N(C)C)C3CC1C2. The molecule has 7 N–H and O–H groups in total. The molecule has 2 aromatic rings. The summed E-state index contributed by atoms with van der Waals surface area (Å²) in [6, 6.07) is 8.28. The Bertz CT molecular complexity index is 1630. The Morgan fingerprint density at radius 3 is 2.36 bits per heavy atom. The van der Waals surface area contributed by atoms with Crippen LogP contribution in [0, 0.1) is 11.8 Å². The zero-order valence-electron chi connectivity index (χ0n) is 25.3. The molecule has 1 amide bonds. The summed E-state index contributed by atoms with van der Waals surface area (Å²) >= 11 is 0. The third kappa shape index (κ3) is 4.61. The first-order chi connectivity index (χ1) is 20.7. The number of primary amides is 1. The molecule has 3 aliphatic rings. The van der Waals surface area contributed by atoms with Gasteiger partial charge in [-0.25, -0.2) is 0 Å². The maximum atomic E-state index is 14.2. The van der Waals surface area contributed by atoms with Crippen LogP contribution in [0.4, 0.5) is 5.69 Å². The van der Waals surface area contributed by atoms with E-state index in [1.807, 2.05) is 49.3 Å². The van der Waals surface area contributed by atoms with Gasteiger partial charge < -0.3 is 41.1 Å². The largest absolute Gasteiger partial charge is 0.510 e. The Labute approximate surface area is 255 Å². The van der Waals surface area contributed by atoms with E-state index < -0.39 is 58.0 Å². The van der Waals surface area contributed by atoms with E-state index >= 15 is 0 Å². The number of nitrogens with two attached hydrogens (primary N) is 1. The highest BCUT2D eigenvalue weighted by Gasteiger charge is 2.63. The third-order valence-corrected chi connectivity index (χ3v) is 9.08. The van der Waals surface area contributed by atoms with Crippen molar-refractivity contribution in [2.75, 3.05) is 40.2 Å². The number of rotatable bonds is 8. The number of likely N-dealkylation sites (N-methyl/N-ethyl adjacent to an activating group) is 1. The number of aliphatic hydroxyl groups excluding tert-OH is 2. The first kappa shape index (κ1) is 31.0. The molecule has 0 aromatic heterocycles. The average molecular weight is 607 g/mol. The van der Waals surface area contributed by atoms with Crippen LogP contribution >= 0.6 is 0 Å². The molecule has 0 fully saturated rings. The van der Waals surface area contributed by atoms with Gasteiger partial charge in [-0.05, 0) is 50.6 Å². The topological polar surface area (TPSA) is 186 Å². The van der Waals surface area contributed by atoms with Gasteiger partial charge in [0.15, 0.2) is 11.4 Å². The van der Waals surface area contributed by atoms with Crippen molar-refractivity contribution in [3.05, 3.63) is 75.3 Å². The number of carbonyl (C=O) groups excluding carboxylic acids is 3. The molecule has 0 heterocycles. The monoisotopic (exact) mass is 606 g/mol. The summed E-state index contributed by atoms with van der Waals surface area (Å²) in [5.41, 5.74) is 4.29. The lowest BCUT2D eigenvalue weighted by atomic mass is 9.58. The van der Waals surface area contributed by atoms with Gasteiger partial charge in [-0.2, -0.15) is 0 Å². The number of phenolic OH excluding ortho intramolecular Hbond substituents is 1. The number of nitrogens with zero attached hydrogens (tertiary/aromatic N) is 2. The number of fused-ring (bicyclic) bond motifs is 3. The van der Waals surface area contributed by atoms with E-state index in [-0.39, 0.29) is 36.3 Å². The average Bonchev–Trinajstić information content (AvgIpc) is 2.95. The van der Waals surface area contributed by atoms with Crippen molar-refractivity contribution in [2.45, 2.75) is 37.6 Å². The molecule has 44 heavy (non-hydrogen) atoms. The van der Waals surface area contributed by atoms with Gasteiger partial charge in [-0.15, -0.1) is 0 Å². The lowest BCUT2D eigenvalue weighted by molar-refractivity contribution is -0.148. The van der Waals surface area contributed by atoms with Crippen molar-refractivity contribution in [2.24, 2.45) is 17.6 Å². The Kier molecular flexibility index (Phi) is 7.95. The van der Waals surface area contributed by atoms with Crippen LogP contribution in [0.1, 0.15) is 33.5 Å². The number of hydrogen-bond donors (Lipinski definition) is 6. The first-order valence-corrected chi connectivity index (χ1v) is 14.3. The van der Waals surface area contributed by atoms with Crippen molar-refractivity contribution in [1.82, 2.24) is 10.2 Å². The number of allylic oxidation sites excluding steroid dienone is 1. The number of hydrogen-bond acceptors (Lipinski definition) is 11. The molecule has 3 aliphatic carbocycles. The number of benzene rings is 2. The first-order valence-electron chi connectivity index (χ1n) is 14.3. The quantitative estimate of drug-likeness (QED) is 0.239. The minimum Gasteiger partial charge on any atom is -0.510 e. The van der Waals surface area contributed by atoms with Crippen LogP contribution in [-0.2, 0) is 29.1 Å².